The SMILES string of the molecule is CCC1(NC(=O)[C@H]2C(=O)[C@]3(O)C(O)[C@H]4C(=O)c5c(O)cccc5[C@@H](C)[C@]4(C)[C@@H](O)[C@]3(C)[C@@H](C(C)C)C2O)CCCCC1. The van der Waals surface area contributed by atoms with Gasteiger partial charge in [-0.05, 0) is 48.6 Å². The van der Waals surface area contributed by atoms with Crippen molar-refractivity contribution in [2.45, 2.75) is 115 Å². The molecular formula is C33H47NO8. The molecule has 0 spiro atoms. The summed E-state index contributed by atoms with van der Waals surface area (Å²) in [5.74, 6) is -7.93. The Bertz CT molecular complexity index is 1290. The molecule has 3 fully saturated rings. The molecule has 0 heterocycles. The molecule has 10 atom stereocenters. The van der Waals surface area contributed by atoms with Crippen molar-refractivity contribution in [2.24, 2.45) is 34.5 Å². The van der Waals surface area contributed by atoms with Gasteiger partial charge in [-0.3, -0.25) is 14.4 Å². The number of fused-ring (bicyclic) bond motifs is 3. The summed E-state index contributed by atoms with van der Waals surface area (Å²) in [5.41, 5.74) is -5.99. The summed E-state index contributed by atoms with van der Waals surface area (Å²) in [5, 5.41) is 62.6. The average Bonchev–Trinajstić information content (AvgIpc) is 2.93. The number of carbonyl (C=O) groups is 3. The van der Waals surface area contributed by atoms with Gasteiger partial charge in [0.25, 0.3) is 0 Å². The second kappa shape index (κ2) is 10.1. The van der Waals surface area contributed by atoms with Crippen LogP contribution >= 0.6 is 0 Å². The molecule has 4 aliphatic rings. The molecule has 4 aliphatic carbocycles. The van der Waals surface area contributed by atoms with Gasteiger partial charge in [-0.15, -0.1) is 0 Å². The quantitative estimate of drug-likeness (QED) is 0.294. The maximum absolute atomic E-state index is 14.5. The minimum Gasteiger partial charge on any atom is -0.507 e. The van der Waals surface area contributed by atoms with E-state index in [2.05, 4.69) is 5.32 Å². The molecule has 0 radical (unpaired) electrons. The second-order valence-corrected chi connectivity index (χ2v) is 14.4. The zero-order valence-corrected chi connectivity index (χ0v) is 25.6. The molecule has 0 aliphatic heterocycles. The van der Waals surface area contributed by atoms with Gasteiger partial charge in [-0.25, -0.2) is 0 Å². The van der Waals surface area contributed by atoms with Gasteiger partial charge in [0.05, 0.1) is 23.7 Å². The normalized spacial score (nSPS) is 42.9. The van der Waals surface area contributed by atoms with Crippen LogP contribution in [0.4, 0.5) is 0 Å². The number of nitrogens with one attached hydrogen (secondary N) is 1. The van der Waals surface area contributed by atoms with Gasteiger partial charge in [0.1, 0.15) is 17.8 Å². The van der Waals surface area contributed by atoms with E-state index >= 15 is 0 Å². The van der Waals surface area contributed by atoms with Crippen LogP contribution in [-0.4, -0.2) is 72.5 Å². The first-order valence-corrected chi connectivity index (χ1v) is 15.5. The molecule has 0 bridgehead atoms. The molecule has 42 heavy (non-hydrogen) atoms. The number of benzene rings is 1. The van der Waals surface area contributed by atoms with E-state index in [9.17, 15) is 39.9 Å². The molecule has 2 unspecified atom stereocenters. The fraction of sp³-hybridized carbons (Fsp3) is 0.727. The van der Waals surface area contributed by atoms with Gasteiger partial charge >= 0.3 is 0 Å². The summed E-state index contributed by atoms with van der Waals surface area (Å²) in [6.07, 6.45) is -0.102. The first-order valence-electron chi connectivity index (χ1n) is 15.5. The van der Waals surface area contributed by atoms with Crippen molar-refractivity contribution < 1.29 is 39.9 Å². The summed E-state index contributed by atoms with van der Waals surface area (Å²) < 4.78 is 0. The lowest BCUT2D eigenvalue weighted by atomic mass is 9.36. The van der Waals surface area contributed by atoms with Gasteiger partial charge in [-0.2, -0.15) is 0 Å². The van der Waals surface area contributed by atoms with Crippen LogP contribution in [-0.2, 0) is 9.59 Å². The van der Waals surface area contributed by atoms with E-state index in [1.807, 2.05) is 6.92 Å². The zero-order valence-electron chi connectivity index (χ0n) is 25.6. The van der Waals surface area contributed by atoms with Crippen LogP contribution in [0.1, 0.15) is 102 Å². The van der Waals surface area contributed by atoms with Crippen molar-refractivity contribution in [3.63, 3.8) is 0 Å². The van der Waals surface area contributed by atoms with Crippen LogP contribution in [0, 0.1) is 34.5 Å². The number of Topliss-reactive ketones (excluding diaryl/α,β-unsaturated/α-hetero) is 2. The monoisotopic (exact) mass is 585 g/mol. The number of carbonyl (C=O) groups excluding carboxylic acids is 3. The van der Waals surface area contributed by atoms with Crippen molar-refractivity contribution in [1.29, 1.82) is 0 Å². The lowest BCUT2D eigenvalue weighted by Crippen LogP contribution is -2.84. The molecule has 1 aromatic rings. The maximum Gasteiger partial charge on any atom is 0.233 e. The van der Waals surface area contributed by atoms with Crippen LogP contribution in [0.5, 0.6) is 5.75 Å². The van der Waals surface area contributed by atoms with Gasteiger partial charge in [-0.1, -0.05) is 72.9 Å². The third kappa shape index (κ3) is 3.72. The van der Waals surface area contributed by atoms with E-state index in [-0.39, 0.29) is 11.3 Å². The van der Waals surface area contributed by atoms with Gasteiger partial charge in [0.15, 0.2) is 17.2 Å². The Labute approximate surface area is 247 Å². The second-order valence-electron chi connectivity index (χ2n) is 14.4. The Morgan fingerprint density at radius 1 is 1.07 bits per heavy atom. The van der Waals surface area contributed by atoms with Crippen LogP contribution in [0.2, 0.25) is 0 Å². The zero-order chi connectivity index (χ0) is 31.2. The number of hydrogen-bond donors (Lipinski definition) is 6. The Morgan fingerprint density at radius 2 is 1.69 bits per heavy atom. The van der Waals surface area contributed by atoms with E-state index in [1.54, 1.807) is 39.8 Å². The highest BCUT2D eigenvalue weighted by Crippen LogP contribution is 2.68. The fourth-order valence-corrected chi connectivity index (χ4v) is 9.83. The number of aliphatic hydroxyl groups is 4. The van der Waals surface area contributed by atoms with E-state index < -0.39 is 87.3 Å². The lowest BCUT2D eigenvalue weighted by Gasteiger charge is -2.69. The van der Waals surface area contributed by atoms with Crippen LogP contribution in [0.3, 0.4) is 0 Å². The van der Waals surface area contributed by atoms with Crippen LogP contribution < -0.4 is 5.32 Å². The van der Waals surface area contributed by atoms with E-state index in [0.29, 0.717) is 12.0 Å². The Kier molecular flexibility index (Phi) is 7.49. The largest absolute Gasteiger partial charge is 0.507 e. The highest BCUT2D eigenvalue weighted by molar-refractivity contribution is 6.10. The lowest BCUT2D eigenvalue weighted by molar-refractivity contribution is -0.307. The Hall–Kier alpha value is -2.33. The predicted octanol–water partition coefficient (Wildman–Crippen LogP) is 2.85. The maximum atomic E-state index is 14.5. The number of ketones is 2. The van der Waals surface area contributed by atoms with Crippen molar-refractivity contribution in [2.75, 3.05) is 0 Å². The fourth-order valence-electron chi connectivity index (χ4n) is 9.83. The summed E-state index contributed by atoms with van der Waals surface area (Å²) in [4.78, 5) is 42.5. The number of hydrogen-bond acceptors (Lipinski definition) is 8. The molecular weight excluding hydrogens is 538 g/mol. The topological polar surface area (TPSA) is 164 Å². The molecule has 6 N–H and O–H groups in total. The van der Waals surface area contributed by atoms with Gasteiger partial charge in [0.2, 0.25) is 5.91 Å². The smallest absolute Gasteiger partial charge is 0.233 e. The van der Waals surface area contributed by atoms with Crippen molar-refractivity contribution >= 4 is 17.5 Å². The highest BCUT2D eigenvalue weighted by Gasteiger charge is 2.80. The standard InChI is InChI=1S/C33H47NO8/c1-7-32(14-9-8-10-15-32)34-28(40)21-25(37)22(16(2)3)31(6)29(41)30(5)17(4)18-12-11-13-19(35)20(18)24(36)23(30)27(39)33(31,42)26(21)38/h11-13,16-17,21-23,25,27,29,35,37,39,41-42H,7-10,14-15H2,1-6H3,(H,34,40)/t17-,21-,22+,23-,25?,27?,29-,30+,31+,33+/m1/s1. The van der Waals surface area contributed by atoms with Crippen molar-refractivity contribution in [1.82, 2.24) is 5.32 Å². The summed E-state index contributed by atoms with van der Waals surface area (Å²) >= 11 is 0. The van der Waals surface area contributed by atoms with Crippen molar-refractivity contribution in [3.8, 4) is 5.75 Å². The molecule has 9 nitrogen and oxygen atoms in total. The highest BCUT2D eigenvalue weighted by atomic mass is 16.4. The van der Waals surface area contributed by atoms with Gasteiger partial charge < -0.3 is 30.8 Å². The number of rotatable bonds is 4. The average molecular weight is 586 g/mol. The minimum absolute atomic E-state index is 0.00823. The number of phenolic OH excluding ortho intramolecular Hbond substituents is 1. The summed E-state index contributed by atoms with van der Waals surface area (Å²) in [6.45, 7) is 10.5. The molecule has 0 aromatic heterocycles. The predicted molar refractivity (Wildman–Crippen MR) is 155 cm³/mol. The number of aromatic hydroxyl groups is 1. The molecule has 0 saturated heterocycles. The van der Waals surface area contributed by atoms with E-state index in [0.717, 1.165) is 32.1 Å². The molecule has 5 rings (SSSR count). The number of aliphatic hydroxyl groups excluding tert-OH is 3. The van der Waals surface area contributed by atoms with Crippen LogP contribution in [0.25, 0.3) is 0 Å². The van der Waals surface area contributed by atoms with E-state index in [1.165, 1.54) is 13.0 Å². The molecule has 9 heteroatoms. The number of phenols is 1. The molecule has 1 amide bonds. The first-order chi connectivity index (χ1) is 19.6. The third-order valence-electron chi connectivity index (χ3n) is 12.3. The van der Waals surface area contributed by atoms with Gasteiger partial charge in [0, 0.05) is 16.4 Å². The molecule has 1 aromatic carbocycles. The molecule has 232 valence electrons. The third-order valence-corrected chi connectivity index (χ3v) is 12.3. The Balaban J connectivity index is 1.67. The Morgan fingerprint density at radius 3 is 2.26 bits per heavy atom. The summed E-state index contributed by atoms with van der Waals surface area (Å²) in [7, 11) is 0. The first kappa shape index (κ1) is 31.1. The molecule has 3 saturated carbocycles. The summed E-state index contributed by atoms with van der Waals surface area (Å²) in [6, 6.07) is 4.66. The minimum atomic E-state index is -2.74. The number of amides is 1. The van der Waals surface area contributed by atoms with E-state index in [4.69, 9.17) is 0 Å². The van der Waals surface area contributed by atoms with Crippen molar-refractivity contribution in [3.05, 3.63) is 29.3 Å². The van der Waals surface area contributed by atoms with Crippen LogP contribution in [0.15, 0.2) is 18.2 Å².